The van der Waals surface area contributed by atoms with Crippen LogP contribution < -0.4 is 10.1 Å². The van der Waals surface area contributed by atoms with Crippen LogP contribution >= 0.6 is 11.6 Å². The molecule has 1 unspecified atom stereocenters. The average Bonchev–Trinajstić information content (AvgIpc) is 2.29. The summed E-state index contributed by atoms with van der Waals surface area (Å²) in [5, 5.41) is 12.4. The molecular formula is C12H16ClNO3. The number of nitrogens with one attached hydrogen (secondary N) is 1. The Morgan fingerprint density at radius 3 is 2.88 bits per heavy atom. The summed E-state index contributed by atoms with van der Waals surface area (Å²) >= 11 is 5.58. The summed E-state index contributed by atoms with van der Waals surface area (Å²) in [6, 6.07) is 4.48. The normalized spacial score (nSPS) is 11.9. The van der Waals surface area contributed by atoms with E-state index in [1.165, 1.54) is 19.2 Å². The minimum atomic E-state index is -0.334. The molecule has 0 fully saturated rings. The first kappa shape index (κ1) is 13.6. The van der Waals surface area contributed by atoms with Crippen molar-refractivity contribution in [3.63, 3.8) is 0 Å². The Morgan fingerprint density at radius 1 is 1.59 bits per heavy atom. The van der Waals surface area contributed by atoms with Crippen molar-refractivity contribution in [1.82, 2.24) is 5.32 Å². The Kier molecular flexibility index (Phi) is 5.10. The Morgan fingerprint density at radius 2 is 2.29 bits per heavy atom. The van der Waals surface area contributed by atoms with E-state index in [9.17, 15) is 9.90 Å². The zero-order valence-corrected chi connectivity index (χ0v) is 10.6. The summed E-state index contributed by atoms with van der Waals surface area (Å²) in [4.78, 5) is 11.8. The van der Waals surface area contributed by atoms with Gasteiger partial charge < -0.3 is 15.2 Å². The molecule has 17 heavy (non-hydrogen) atoms. The molecule has 0 aliphatic carbocycles. The van der Waals surface area contributed by atoms with Crippen molar-refractivity contribution >= 4 is 17.5 Å². The van der Waals surface area contributed by atoms with Gasteiger partial charge in [-0.2, -0.15) is 0 Å². The number of phenols is 1. The lowest BCUT2D eigenvalue weighted by atomic mass is 10.1. The fourth-order valence-corrected chi connectivity index (χ4v) is 1.69. The van der Waals surface area contributed by atoms with Gasteiger partial charge in [0.2, 0.25) is 0 Å². The van der Waals surface area contributed by atoms with Crippen LogP contribution in [0.3, 0.4) is 0 Å². The van der Waals surface area contributed by atoms with E-state index in [4.69, 9.17) is 16.3 Å². The maximum atomic E-state index is 11.8. The number of alkyl halides is 1. The van der Waals surface area contributed by atoms with Crippen molar-refractivity contribution in [2.24, 2.45) is 0 Å². The van der Waals surface area contributed by atoms with Crippen molar-refractivity contribution < 1.29 is 14.6 Å². The van der Waals surface area contributed by atoms with E-state index in [-0.39, 0.29) is 23.3 Å². The average molecular weight is 258 g/mol. The summed E-state index contributed by atoms with van der Waals surface area (Å²) < 4.78 is 5.00. The molecule has 0 aromatic heterocycles. The van der Waals surface area contributed by atoms with Gasteiger partial charge in [-0.05, 0) is 31.5 Å². The molecule has 0 saturated carbocycles. The van der Waals surface area contributed by atoms with E-state index < -0.39 is 0 Å². The van der Waals surface area contributed by atoms with Gasteiger partial charge in [0.15, 0.2) is 0 Å². The standard InChI is InChI=1S/C12H16ClNO3/c1-8(5-6-13)14-12(16)10-7-9(17-2)3-4-11(10)15/h3-4,7-8,15H,5-6H2,1-2H3,(H,14,16). The number of ether oxygens (including phenoxy) is 1. The number of hydrogen-bond acceptors (Lipinski definition) is 3. The molecule has 0 heterocycles. The minimum absolute atomic E-state index is 0.0365. The highest BCUT2D eigenvalue weighted by atomic mass is 35.5. The first-order chi connectivity index (χ1) is 8.08. The molecule has 2 N–H and O–H groups in total. The number of phenolic OH excluding ortho intramolecular Hbond substituents is 1. The molecule has 0 aliphatic heterocycles. The van der Waals surface area contributed by atoms with E-state index in [0.717, 1.165) is 0 Å². The third kappa shape index (κ3) is 3.82. The van der Waals surface area contributed by atoms with Crippen LogP contribution in [0.15, 0.2) is 18.2 Å². The molecule has 0 radical (unpaired) electrons. The Hall–Kier alpha value is -1.42. The lowest BCUT2D eigenvalue weighted by Gasteiger charge is -2.13. The lowest BCUT2D eigenvalue weighted by Crippen LogP contribution is -2.32. The molecule has 0 saturated heterocycles. The third-order valence-corrected chi connectivity index (χ3v) is 2.59. The highest BCUT2D eigenvalue weighted by Crippen LogP contribution is 2.22. The molecule has 0 bridgehead atoms. The van der Waals surface area contributed by atoms with Crippen LogP contribution in [-0.2, 0) is 0 Å². The van der Waals surface area contributed by atoms with Crippen LogP contribution in [0.4, 0.5) is 0 Å². The van der Waals surface area contributed by atoms with Gasteiger partial charge in [0.05, 0.1) is 12.7 Å². The molecule has 0 spiro atoms. The zero-order chi connectivity index (χ0) is 12.8. The predicted octanol–water partition coefficient (Wildman–Crippen LogP) is 2.15. The number of methoxy groups -OCH3 is 1. The monoisotopic (exact) mass is 257 g/mol. The number of amides is 1. The number of aromatic hydroxyl groups is 1. The van der Waals surface area contributed by atoms with Crippen LogP contribution in [0, 0.1) is 0 Å². The largest absolute Gasteiger partial charge is 0.507 e. The Labute approximate surface area is 106 Å². The predicted molar refractivity (Wildman–Crippen MR) is 66.9 cm³/mol. The number of carbonyl (C=O) groups excluding carboxylic acids is 1. The lowest BCUT2D eigenvalue weighted by molar-refractivity contribution is 0.0936. The molecule has 94 valence electrons. The van der Waals surface area contributed by atoms with Gasteiger partial charge in [-0.3, -0.25) is 4.79 Å². The number of halogens is 1. The Balaban J connectivity index is 2.80. The first-order valence-corrected chi connectivity index (χ1v) is 5.85. The molecule has 1 aromatic rings. The highest BCUT2D eigenvalue weighted by Gasteiger charge is 2.14. The fraction of sp³-hybridized carbons (Fsp3) is 0.417. The van der Waals surface area contributed by atoms with Crippen molar-refractivity contribution in [2.45, 2.75) is 19.4 Å². The van der Waals surface area contributed by atoms with E-state index in [1.54, 1.807) is 6.07 Å². The van der Waals surface area contributed by atoms with Gasteiger partial charge >= 0.3 is 0 Å². The van der Waals surface area contributed by atoms with E-state index in [1.807, 2.05) is 6.92 Å². The second kappa shape index (κ2) is 6.35. The summed E-state index contributed by atoms with van der Waals surface area (Å²) in [7, 11) is 1.50. The van der Waals surface area contributed by atoms with Crippen LogP contribution in [0.25, 0.3) is 0 Å². The summed E-state index contributed by atoms with van der Waals surface area (Å²) in [6.45, 7) is 1.86. The van der Waals surface area contributed by atoms with Gasteiger partial charge in [0.1, 0.15) is 11.5 Å². The van der Waals surface area contributed by atoms with Crippen LogP contribution in [-0.4, -0.2) is 30.0 Å². The second-order valence-corrected chi connectivity index (χ2v) is 4.11. The number of carbonyl (C=O) groups is 1. The van der Waals surface area contributed by atoms with Crippen molar-refractivity contribution in [2.75, 3.05) is 13.0 Å². The Bertz CT molecular complexity index is 395. The maximum Gasteiger partial charge on any atom is 0.255 e. The summed E-state index contributed by atoms with van der Waals surface area (Å²) in [5.74, 6) is 0.601. The van der Waals surface area contributed by atoms with Gasteiger partial charge in [-0.1, -0.05) is 0 Å². The molecule has 1 aromatic carbocycles. The van der Waals surface area contributed by atoms with Crippen LogP contribution in [0.1, 0.15) is 23.7 Å². The zero-order valence-electron chi connectivity index (χ0n) is 9.87. The van der Waals surface area contributed by atoms with E-state index >= 15 is 0 Å². The highest BCUT2D eigenvalue weighted by molar-refractivity contribution is 6.17. The quantitative estimate of drug-likeness (QED) is 0.795. The van der Waals surface area contributed by atoms with E-state index in [2.05, 4.69) is 5.32 Å². The first-order valence-electron chi connectivity index (χ1n) is 5.32. The molecule has 4 nitrogen and oxygen atoms in total. The topological polar surface area (TPSA) is 58.6 Å². The smallest absolute Gasteiger partial charge is 0.255 e. The third-order valence-electron chi connectivity index (χ3n) is 2.37. The van der Waals surface area contributed by atoms with Crippen molar-refractivity contribution in [3.8, 4) is 11.5 Å². The van der Waals surface area contributed by atoms with Gasteiger partial charge in [-0.25, -0.2) is 0 Å². The molecule has 1 amide bonds. The molecular weight excluding hydrogens is 242 g/mol. The summed E-state index contributed by atoms with van der Waals surface area (Å²) in [6.07, 6.45) is 0.679. The van der Waals surface area contributed by atoms with Crippen LogP contribution in [0.2, 0.25) is 0 Å². The van der Waals surface area contributed by atoms with Gasteiger partial charge in [0, 0.05) is 11.9 Å². The van der Waals surface area contributed by atoms with Crippen molar-refractivity contribution in [3.05, 3.63) is 23.8 Å². The van der Waals surface area contributed by atoms with E-state index in [0.29, 0.717) is 18.1 Å². The fourth-order valence-electron chi connectivity index (χ4n) is 1.36. The molecule has 5 heteroatoms. The minimum Gasteiger partial charge on any atom is -0.507 e. The molecule has 1 rings (SSSR count). The number of hydrogen-bond donors (Lipinski definition) is 2. The second-order valence-electron chi connectivity index (χ2n) is 3.74. The van der Waals surface area contributed by atoms with Gasteiger partial charge in [0.25, 0.3) is 5.91 Å². The van der Waals surface area contributed by atoms with Crippen molar-refractivity contribution in [1.29, 1.82) is 0 Å². The number of benzene rings is 1. The molecule has 0 aliphatic rings. The number of rotatable bonds is 5. The van der Waals surface area contributed by atoms with Crippen LogP contribution in [0.5, 0.6) is 11.5 Å². The SMILES string of the molecule is COc1ccc(O)c(C(=O)NC(C)CCCl)c1. The van der Waals surface area contributed by atoms with Gasteiger partial charge in [-0.15, -0.1) is 11.6 Å². The summed E-state index contributed by atoms with van der Waals surface area (Å²) in [5.41, 5.74) is 0.200. The molecule has 1 atom stereocenters. The maximum absolute atomic E-state index is 11.8.